The number of hydrogen-bond acceptors (Lipinski definition) is 2. The van der Waals surface area contributed by atoms with Gasteiger partial charge in [-0.2, -0.15) is 0 Å². The van der Waals surface area contributed by atoms with E-state index in [9.17, 15) is 4.79 Å². The van der Waals surface area contributed by atoms with Crippen molar-refractivity contribution in [3.63, 3.8) is 0 Å². The van der Waals surface area contributed by atoms with Gasteiger partial charge in [0.15, 0.2) is 0 Å². The van der Waals surface area contributed by atoms with Crippen LogP contribution in [0.3, 0.4) is 0 Å². The molecular weight excluding hydrogens is 357 g/mol. The lowest BCUT2D eigenvalue weighted by molar-refractivity contribution is 0.0463. The van der Waals surface area contributed by atoms with Gasteiger partial charge in [-0.25, -0.2) is 4.79 Å². The van der Waals surface area contributed by atoms with E-state index >= 15 is 0 Å². The van der Waals surface area contributed by atoms with E-state index in [2.05, 4.69) is 44.4 Å². The van der Waals surface area contributed by atoms with Gasteiger partial charge in [0.1, 0.15) is 20.1 Å². The number of rotatable bonds is 4. The Kier molecular flexibility index (Phi) is 4.32. The van der Waals surface area contributed by atoms with Crippen LogP contribution < -0.4 is 0 Å². The van der Waals surface area contributed by atoms with Gasteiger partial charge in [-0.05, 0) is 33.6 Å². The van der Waals surface area contributed by atoms with E-state index in [0.717, 1.165) is 32.5 Å². The summed E-state index contributed by atoms with van der Waals surface area (Å²) in [5, 5.41) is 6.66. The van der Waals surface area contributed by atoms with Crippen molar-refractivity contribution in [1.29, 1.82) is 0 Å². The SMILES string of the molecule is BCn1cc2c3ccccc3c3ccccc3c2c1C(=O)OCc1ccccc1. The molecule has 1 aromatic heterocycles. The summed E-state index contributed by atoms with van der Waals surface area (Å²) in [7, 11) is 2.05. The predicted octanol–water partition coefficient (Wildman–Crippen LogP) is 4.90. The molecule has 140 valence electrons. The maximum atomic E-state index is 13.2. The minimum absolute atomic E-state index is 0.265. The van der Waals surface area contributed by atoms with E-state index in [1.165, 1.54) is 5.39 Å². The Morgan fingerprint density at radius 3 is 1.97 bits per heavy atom. The van der Waals surface area contributed by atoms with Crippen molar-refractivity contribution in [2.45, 2.75) is 13.1 Å². The van der Waals surface area contributed by atoms with Crippen molar-refractivity contribution in [2.24, 2.45) is 0 Å². The molecule has 4 aromatic carbocycles. The number of aromatic nitrogens is 1. The normalized spacial score (nSPS) is 11.3. The molecule has 0 aliphatic heterocycles. The Hall–Kier alpha value is -3.53. The maximum absolute atomic E-state index is 13.2. The fourth-order valence-electron chi connectivity index (χ4n) is 4.18. The Bertz CT molecular complexity index is 1360. The second-order valence-corrected chi connectivity index (χ2v) is 7.21. The zero-order chi connectivity index (χ0) is 19.8. The fourth-order valence-corrected chi connectivity index (χ4v) is 4.18. The highest BCUT2D eigenvalue weighted by molar-refractivity contribution is 6.29. The first kappa shape index (κ1) is 17.6. The summed E-state index contributed by atoms with van der Waals surface area (Å²) in [5.41, 5.74) is 1.61. The number of benzene rings is 4. The smallest absolute Gasteiger partial charge is 0.355 e. The lowest BCUT2D eigenvalue weighted by Crippen LogP contribution is -2.12. The van der Waals surface area contributed by atoms with Gasteiger partial charge in [0.25, 0.3) is 0 Å². The highest BCUT2D eigenvalue weighted by Gasteiger charge is 2.22. The number of ether oxygens (including phenoxy) is 1. The third-order valence-electron chi connectivity index (χ3n) is 5.53. The van der Waals surface area contributed by atoms with Gasteiger partial charge in [-0.3, -0.25) is 0 Å². The Labute approximate surface area is 169 Å². The summed E-state index contributed by atoms with van der Waals surface area (Å²) in [6.45, 7) is 0.265. The zero-order valence-corrected chi connectivity index (χ0v) is 16.3. The van der Waals surface area contributed by atoms with E-state index in [1.807, 2.05) is 53.1 Å². The van der Waals surface area contributed by atoms with Crippen molar-refractivity contribution < 1.29 is 9.53 Å². The van der Waals surface area contributed by atoms with Gasteiger partial charge in [-0.1, -0.05) is 78.9 Å². The highest BCUT2D eigenvalue weighted by Crippen LogP contribution is 2.37. The standard InChI is InChI=1S/C25H20BNO2/c26-16-27-14-22-20-12-5-4-10-18(20)19-11-6-7-13-21(19)23(22)24(27)25(28)29-15-17-8-2-1-3-9-17/h1-14H,15-16,26H2. The van der Waals surface area contributed by atoms with Crippen LogP contribution in [0.4, 0.5) is 0 Å². The zero-order valence-electron chi connectivity index (χ0n) is 16.3. The number of nitrogens with zero attached hydrogens (tertiary/aromatic N) is 1. The van der Waals surface area contributed by atoms with Gasteiger partial charge in [0.05, 0.1) is 0 Å². The Morgan fingerprint density at radius 2 is 1.31 bits per heavy atom. The monoisotopic (exact) mass is 377 g/mol. The lowest BCUT2D eigenvalue weighted by Gasteiger charge is -2.10. The Morgan fingerprint density at radius 1 is 0.759 bits per heavy atom. The van der Waals surface area contributed by atoms with Gasteiger partial charge < -0.3 is 9.30 Å². The average molecular weight is 377 g/mol. The fraction of sp³-hybridized carbons (Fsp3) is 0.0800. The first-order valence-corrected chi connectivity index (χ1v) is 9.91. The van der Waals surface area contributed by atoms with Crippen LogP contribution in [-0.2, 0) is 17.8 Å². The summed E-state index contributed by atoms with van der Waals surface area (Å²) < 4.78 is 7.74. The van der Waals surface area contributed by atoms with Crippen molar-refractivity contribution in [2.75, 3.05) is 0 Å². The van der Waals surface area contributed by atoms with Crippen molar-refractivity contribution >= 4 is 46.1 Å². The van der Waals surface area contributed by atoms with E-state index in [1.54, 1.807) is 0 Å². The molecule has 0 aliphatic rings. The topological polar surface area (TPSA) is 31.2 Å². The summed E-state index contributed by atoms with van der Waals surface area (Å²) in [6, 6.07) is 26.5. The van der Waals surface area contributed by atoms with Crippen LogP contribution in [0, 0.1) is 0 Å². The van der Waals surface area contributed by atoms with Crippen LogP contribution in [0.1, 0.15) is 16.1 Å². The van der Waals surface area contributed by atoms with Crippen LogP contribution >= 0.6 is 0 Å². The van der Waals surface area contributed by atoms with Gasteiger partial charge in [-0.15, -0.1) is 0 Å². The maximum Gasteiger partial charge on any atom is 0.355 e. The van der Waals surface area contributed by atoms with Gasteiger partial charge >= 0.3 is 5.97 Å². The molecular formula is C25H20BNO2. The molecule has 5 rings (SSSR count). The van der Waals surface area contributed by atoms with Crippen LogP contribution in [0.25, 0.3) is 32.3 Å². The number of hydrogen-bond donors (Lipinski definition) is 0. The van der Waals surface area contributed by atoms with E-state index in [0.29, 0.717) is 12.1 Å². The van der Waals surface area contributed by atoms with Gasteiger partial charge in [0.2, 0.25) is 0 Å². The number of esters is 1. The molecule has 0 aliphatic carbocycles. The summed E-state index contributed by atoms with van der Waals surface area (Å²) in [4.78, 5) is 13.2. The Balaban J connectivity index is 1.74. The molecule has 0 amide bonds. The number of fused-ring (bicyclic) bond motifs is 6. The number of carbonyl (C=O) groups excluding carboxylic acids is 1. The molecule has 0 unspecified atom stereocenters. The number of carbonyl (C=O) groups is 1. The molecule has 0 fully saturated rings. The molecule has 0 spiro atoms. The van der Waals surface area contributed by atoms with Gasteiger partial charge in [0, 0.05) is 17.0 Å². The summed E-state index contributed by atoms with van der Waals surface area (Å²) in [6.07, 6.45) is 2.79. The third-order valence-corrected chi connectivity index (χ3v) is 5.53. The predicted molar refractivity (Wildman–Crippen MR) is 121 cm³/mol. The quantitative estimate of drug-likeness (QED) is 0.254. The molecule has 0 saturated heterocycles. The molecule has 0 saturated carbocycles. The second kappa shape index (κ2) is 7.14. The molecule has 0 N–H and O–H groups in total. The minimum Gasteiger partial charge on any atom is -0.456 e. The molecule has 5 aromatic rings. The largest absolute Gasteiger partial charge is 0.456 e. The summed E-state index contributed by atoms with van der Waals surface area (Å²) >= 11 is 0. The van der Waals surface area contributed by atoms with E-state index in [4.69, 9.17) is 4.74 Å². The molecule has 0 radical (unpaired) electrons. The van der Waals surface area contributed by atoms with Crippen LogP contribution in [0.2, 0.25) is 0 Å². The molecule has 1 heterocycles. The van der Waals surface area contributed by atoms with Crippen LogP contribution in [0.5, 0.6) is 0 Å². The van der Waals surface area contributed by atoms with Crippen molar-refractivity contribution in [1.82, 2.24) is 4.57 Å². The highest BCUT2D eigenvalue weighted by atomic mass is 16.5. The molecule has 3 nitrogen and oxygen atoms in total. The van der Waals surface area contributed by atoms with E-state index in [-0.39, 0.29) is 12.6 Å². The first-order valence-electron chi connectivity index (χ1n) is 9.91. The first-order chi connectivity index (χ1) is 14.3. The molecule has 29 heavy (non-hydrogen) atoms. The summed E-state index contributed by atoms with van der Waals surface area (Å²) in [5.74, 6) is -0.286. The molecule has 4 heteroatoms. The van der Waals surface area contributed by atoms with Crippen LogP contribution in [-0.4, -0.2) is 18.4 Å². The van der Waals surface area contributed by atoms with Crippen molar-refractivity contribution in [3.05, 3.63) is 96.3 Å². The lowest BCUT2D eigenvalue weighted by atomic mass is 9.96. The second-order valence-electron chi connectivity index (χ2n) is 7.21. The average Bonchev–Trinajstić information content (AvgIpc) is 3.19. The van der Waals surface area contributed by atoms with E-state index < -0.39 is 0 Å². The molecule has 0 bridgehead atoms. The minimum atomic E-state index is -0.286. The van der Waals surface area contributed by atoms with Crippen LogP contribution in [0.15, 0.2) is 85.1 Å². The molecule has 0 atom stereocenters. The third kappa shape index (κ3) is 2.88. The van der Waals surface area contributed by atoms with Crippen molar-refractivity contribution in [3.8, 4) is 0 Å².